The highest BCUT2D eigenvalue weighted by molar-refractivity contribution is 5.98. The molecule has 2 aliphatic rings. The lowest BCUT2D eigenvalue weighted by Gasteiger charge is -2.23. The summed E-state index contributed by atoms with van der Waals surface area (Å²) in [6.45, 7) is 3.10. The molecule has 0 spiro atoms. The fourth-order valence-electron chi connectivity index (χ4n) is 3.51. The number of rotatable bonds is 7. The number of aliphatic hydroxyl groups is 1. The summed E-state index contributed by atoms with van der Waals surface area (Å²) in [5.41, 5.74) is 4.15. The summed E-state index contributed by atoms with van der Waals surface area (Å²) in [4.78, 5) is 36.0. The number of nitrogen functional groups attached to an aromatic ring is 1. The zero-order valence-electron chi connectivity index (χ0n) is 16.1. The maximum atomic E-state index is 15.2. The van der Waals surface area contributed by atoms with Crippen molar-refractivity contribution in [3.8, 4) is 0 Å². The number of nitrogens with two attached hydrogens (primary N) is 1. The number of fused-ring (bicyclic) bond motifs is 2. The van der Waals surface area contributed by atoms with E-state index in [-0.39, 0.29) is 30.2 Å². The van der Waals surface area contributed by atoms with Crippen LogP contribution in [0.4, 0.5) is 10.2 Å². The largest absolute Gasteiger partial charge is 0.464 e. The third-order valence-corrected chi connectivity index (χ3v) is 5.00. The van der Waals surface area contributed by atoms with Gasteiger partial charge in [0, 0.05) is 0 Å². The number of imidazole rings is 1. The SMILES string of the molecule is CCOC(=O)C(OC1[C@H]2O[C@@H](n3cnc4c(N)ncnc43)[C@H](F)[C@@]12O)C(=O)OCC. The van der Waals surface area contributed by atoms with Gasteiger partial charge in [-0.05, 0) is 13.8 Å². The Kier molecular flexibility index (Phi) is 5.03. The van der Waals surface area contributed by atoms with Gasteiger partial charge in [-0.1, -0.05) is 0 Å². The predicted octanol–water partition coefficient (Wildman–Crippen LogP) is -0.731. The molecular weight excluding hydrogens is 405 g/mol. The Labute approximate surface area is 169 Å². The third kappa shape index (κ3) is 2.97. The molecule has 1 aliphatic heterocycles. The summed E-state index contributed by atoms with van der Waals surface area (Å²) >= 11 is 0. The van der Waals surface area contributed by atoms with Crippen LogP contribution in [0.5, 0.6) is 0 Å². The van der Waals surface area contributed by atoms with Crippen molar-refractivity contribution in [3.05, 3.63) is 12.7 Å². The van der Waals surface area contributed by atoms with E-state index in [0.29, 0.717) is 0 Å². The fourth-order valence-corrected chi connectivity index (χ4v) is 3.51. The van der Waals surface area contributed by atoms with E-state index in [0.717, 1.165) is 0 Å². The molecule has 30 heavy (non-hydrogen) atoms. The van der Waals surface area contributed by atoms with Crippen LogP contribution in [0, 0.1) is 0 Å². The van der Waals surface area contributed by atoms with Gasteiger partial charge in [-0.15, -0.1) is 0 Å². The normalized spacial score (nSPS) is 29.8. The maximum absolute atomic E-state index is 15.2. The summed E-state index contributed by atoms with van der Waals surface area (Å²) in [7, 11) is 0. The first kappa shape index (κ1) is 20.4. The van der Waals surface area contributed by atoms with Crippen LogP contribution in [0.1, 0.15) is 20.1 Å². The number of ether oxygens (including phenoxy) is 4. The van der Waals surface area contributed by atoms with Gasteiger partial charge in [-0.3, -0.25) is 4.57 Å². The van der Waals surface area contributed by atoms with Crippen molar-refractivity contribution >= 4 is 28.9 Å². The minimum atomic E-state index is -2.07. The van der Waals surface area contributed by atoms with Crippen molar-refractivity contribution < 1.29 is 38.0 Å². The molecule has 2 fully saturated rings. The molecule has 13 heteroatoms. The minimum Gasteiger partial charge on any atom is -0.464 e. The van der Waals surface area contributed by atoms with Gasteiger partial charge in [0.25, 0.3) is 6.10 Å². The van der Waals surface area contributed by atoms with Crippen molar-refractivity contribution in [1.82, 2.24) is 19.5 Å². The number of nitrogens with zero attached hydrogens (tertiary/aromatic N) is 4. The van der Waals surface area contributed by atoms with E-state index >= 15 is 4.39 Å². The molecule has 1 saturated carbocycles. The number of alkyl halides is 1. The molecule has 1 aliphatic carbocycles. The topological polar surface area (TPSA) is 161 Å². The molecule has 2 aromatic heterocycles. The first-order chi connectivity index (χ1) is 14.3. The van der Waals surface area contributed by atoms with Gasteiger partial charge in [-0.25, -0.2) is 28.9 Å². The number of esters is 2. The number of anilines is 1. The summed E-state index contributed by atoms with van der Waals surface area (Å²) in [6.07, 6.45) is -4.91. The fraction of sp³-hybridized carbons (Fsp3) is 0.588. The Hall–Kier alpha value is -2.90. The Balaban J connectivity index is 1.52. The number of hydrogen-bond acceptors (Lipinski definition) is 11. The van der Waals surface area contributed by atoms with E-state index < -0.39 is 48.3 Å². The average Bonchev–Trinajstić information content (AvgIpc) is 2.99. The molecule has 162 valence electrons. The summed E-state index contributed by atoms with van der Waals surface area (Å²) < 4.78 is 37.0. The van der Waals surface area contributed by atoms with Crippen molar-refractivity contribution in [1.29, 1.82) is 0 Å². The second-order valence-corrected chi connectivity index (χ2v) is 6.76. The van der Waals surface area contributed by atoms with Gasteiger partial charge < -0.3 is 29.8 Å². The van der Waals surface area contributed by atoms with E-state index in [9.17, 15) is 14.7 Å². The van der Waals surface area contributed by atoms with Gasteiger partial charge >= 0.3 is 11.9 Å². The molecular formula is C17H20FN5O7. The second kappa shape index (κ2) is 7.41. The minimum absolute atomic E-state index is 0.000532. The first-order valence-electron chi connectivity index (χ1n) is 9.28. The monoisotopic (exact) mass is 425 g/mol. The molecule has 4 rings (SSSR count). The van der Waals surface area contributed by atoms with Gasteiger partial charge in [0.1, 0.15) is 24.1 Å². The highest BCUT2D eigenvalue weighted by atomic mass is 19.1. The Morgan fingerprint density at radius 1 is 1.30 bits per heavy atom. The van der Waals surface area contributed by atoms with E-state index in [1.54, 1.807) is 13.8 Å². The van der Waals surface area contributed by atoms with E-state index in [1.807, 2.05) is 0 Å². The maximum Gasteiger partial charge on any atom is 0.347 e. The summed E-state index contributed by atoms with van der Waals surface area (Å²) in [5, 5.41) is 10.7. The quantitative estimate of drug-likeness (QED) is 0.425. The highest BCUT2D eigenvalue weighted by Crippen LogP contribution is 2.57. The highest BCUT2D eigenvalue weighted by Gasteiger charge is 2.79. The van der Waals surface area contributed by atoms with Crippen LogP contribution in [-0.4, -0.2) is 79.9 Å². The van der Waals surface area contributed by atoms with Crippen molar-refractivity contribution in [2.75, 3.05) is 18.9 Å². The number of carbonyl (C=O) groups excluding carboxylic acids is 2. The Morgan fingerprint density at radius 2 is 1.97 bits per heavy atom. The molecule has 5 atom stereocenters. The molecule has 0 bridgehead atoms. The number of aromatic nitrogens is 4. The Bertz CT molecular complexity index is 969. The molecule has 0 aromatic carbocycles. The van der Waals surface area contributed by atoms with Crippen molar-refractivity contribution in [2.24, 2.45) is 0 Å². The van der Waals surface area contributed by atoms with Crippen molar-refractivity contribution in [3.63, 3.8) is 0 Å². The first-order valence-corrected chi connectivity index (χ1v) is 9.28. The van der Waals surface area contributed by atoms with Gasteiger partial charge in [-0.2, -0.15) is 0 Å². The van der Waals surface area contributed by atoms with Crippen molar-refractivity contribution in [2.45, 2.75) is 50.2 Å². The molecule has 12 nitrogen and oxygen atoms in total. The number of halogens is 1. The van der Waals surface area contributed by atoms with Crippen LogP contribution < -0.4 is 5.73 Å². The third-order valence-electron chi connectivity index (χ3n) is 5.00. The molecule has 1 saturated heterocycles. The smallest absolute Gasteiger partial charge is 0.347 e. The van der Waals surface area contributed by atoms with Crippen LogP contribution in [0.2, 0.25) is 0 Å². The van der Waals surface area contributed by atoms with Gasteiger partial charge in [0.2, 0.25) is 0 Å². The van der Waals surface area contributed by atoms with E-state index in [1.165, 1.54) is 17.2 Å². The van der Waals surface area contributed by atoms with Crippen LogP contribution in [0.25, 0.3) is 11.2 Å². The lowest BCUT2D eigenvalue weighted by Crippen LogP contribution is -2.41. The zero-order valence-corrected chi connectivity index (χ0v) is 16.1. The lowest BCUT2D eigenvalue weighted by atomic mass is 10.2. The van der Waals surface area contributed by atoms with Gasteiger partial charge in [0.15, 0.2) is 29.5 Å². The number of hydrogen-bond donors (Lipinski definition) is 2. The molecule has 0 amide bonds. The van der Waals surface area contributed by atoms with E-state index in [4.69, 9.17) is 24.7 Å². The Morgan fingerprint density at radius 3 is 2.53 bits per heavy atom. The molecule has 1 unspecified atom stereocenters. The summed E-state index contributed by atoms with van der Waals surface area (Å²) in [5.74, 6) is -1.88. The van der Waals surface area contributed by atoms with Crippen LogP contribution >= 0.6 is 0 Å². The second-order valence-electron chi connectivity index (χ2n) is 6.76. The van der Waals surface area contributed by atoms with Crippen LogP contribution in [0.3, 0.4) is 0 Å². The molecule has 3 heterocycles. The van der Waals surface area contributed by atoms with Crippen LogP contribution in [0.15, 0.2) is 12.7 Å². The number of carbonyl (C=O) groups is 2. The zero-order chi connectivity index (χ0) is 21.6. The molecule has 0 radical (unpaired) electrons. The molecule has 3 N–H and O–H groups in total. The standard InChI is InChI=1S/C17H20FN5O7/c1-3-27-15(24)8(16(25)28-4-2)29-10-11-17(10,26)9(18)14(30-11)23-6-22-7-12(19)20-5-21-13(7)23/h5-6,8-11,14,26H,3-4H2,1-2H3,(H2,19,20,21)/t9-,10?,11+,14+,17+/m0/s1. The van der Waals surface area contributed by atoms with Gasteiger partial charge in [0.05, 0.1) is 19.5 Å². The van der Waals surface area contributed by atoms with E-state index in [2.05, 4.69) is 15.0 Å². The summed E-state index contributed by atoms with van der Waals surface area (Å²) in [6, 6.07) is 0. The molecule has 2 aromatic rings. The average molecular weight is 425 g/mol. The lowest BCUT2D eigenvalue weighted by molar-refractivity contribution is -0.179. The van der Waals surface area contributed by atoms with Crippen LogP contribution in [-0.2, 0) is 28.5 Å². The predicted molar refractivity (Wildman–Crippen MR) is 95.4 cm³/mol.